The predicted octanol–water partition coefficient (Wildman–Crippen LogP) is 1.19. The van der Waals surface area contributed by atoms with Gasteiger partial charge in [-0.2, -0.15) is 0 Å². The number of nitrogens with zero attached hydrogens (tertiary/aromatic N) is 4. The topological polar surface area (TPSA) is 55.6 Å². The predicted molar refractivity (Wildman–Crippen MR) is 68.2 cm³/mol. The van der Waals surface area contributed by atoms with Gasteiger partial charge in [-0.1, -0.05) is 6.07 Å². The fraction of sp³-hybridized carbons (Fsp3) is 0.462. The van der Waals surface area contributed by atoms with Gasteiger partial charge in [0.2, 0.25) is 0 Å². The molecule has 3 heterocycles. The monoisotopic (exact) mass is 243 g/mol. The van der Waals surface area contributed by atoms with Gasteiger partial charge in [0.05, 0.1) is 12.2 Å². The molecule has 0 spiro atoms. The minimum Gasteiger partial charge on any atom is -0.316 e. The molecule has 1 N–H and O–H groups in total. The van der Waals surface area contributed by atoms with Gasteiger partial charge in [0.1, 0.15) is 12.2 Å². The average molecular weight is 243 g/mol. The van der Waals surface area contributed by atoms with E-state index in [2.05, 4.69) is 25.1 Å². The molecule has 0 amide bonds. The van der Waals surface area contributed by atoms with Crippen molar-refractivity contribution in [1.82, 2.24) is 25.1 Å². The van der Waals surface area contributed by atoms with Gasteiger partial charge >= 0.3 is 0 Å². The van der Waals surface area contributed by atoms with Gasteiger partial charge in [-0.05, 0) is 31.5 Å². The molecule has 0 saturated carbocycles. The van der Waals surface area contributed by atoms with Gasteiger partial charge in [-0.15, -0.1) is 10.2 Å². The highest BCUT2D eigenvalue weighted by Gasteiger charge is 2.20. The number of nitrogens with one attached hydrogen (secondary N) is 1. The Morgan fingerprint density at radius 2 is 2.39 bits per heavy atom. The molecule has 94 valence electrons. The zero-order valence-electron chi connectivity index (χ0n) is 10.3. The van der Waals surface area contributed by atoms with E-state index in [-0.39, 0.29) is 0 Å². The zero-order chi connectivity index (χ0) is 12.2. The van der Waals surface area contributed by atoms with E-state index in [1.165, 1.54) is 12.8 Å². The number of piperidine rings is 1. The van der Waals surface area contributed by atoms with Crippen molar-refractivity contribution in [3.63, 3.8) is 0 Å². The molecule has 1 atom stereocenters. The molecule has 0 bridgehead atoms. The van der Waals surface area contributed by atoms with Crippen molar-refractivity contribution in [2.24, 2.45) is 0 Å². The summed E-state index contributed by atoms with van der Waals surface area (Å²) in [6, 6.07) is 5.97. The largest absolute Gasteiger partial charge is 0.316 e. The van der Waals surface area contributed by atoms with E-state index >= 15 is 0 Å². The first kappa shape index (κ1) is 11.3. The summed E-state index contributed by atoms with van der Waals surface area (Å²) in [7, 11) is 0. The molecule has 2 aromatic heterocycles. The van der Waals surface area contributed by atoms with Crippen LogP contribution in [0, 0.1) is 0 Å². The van der Waals surface area contributed by atoms with Crippen LogP contribution >= 0.6 is 0 Å². The van der Waals surface area contributed by atoms with Gasteiger partial charge in [-0.25, -0.2) is 0 Å². The molecule has 1 fully saturated rings. The Kier molecular flexibility index (Phi) is 3.32. The molecule has 1 aliphatic rings. The number of rotatable bonds is 3. The summed E-state index contributed by atoms with van der Waals surface area (Å²) in [5.41, 5.74) is 1.04. The standard InChI is InChI=1S/C13H17N5/c1-2-7-15-12(5-1)9-18-10-16-17-13(18)11-4-3-6-14-8-11/h1-2,5,7,10-11,14H,3-4,6,8-9H2. The maximum atomic E-state index is 4.35. The first-order valence-electron chi connectivity index (χ1n) is 6.42. The van der Waals surface area contributed by atoms with Crippen LogP contribution in [0.3, 0.4) is 0 Å². The fourth-order valence-electron chi connectivity index (χ4n) is 2.44. The van der Waals surface area contributed by atoms with Crippen LogP contribution < -0.4 is 5.32 Å². The first-order chi connectivity index (χ1) is 8.93. The van der Waals surface area contributed by atoms with Crippen LogP contribution in [0.15, 0.2) is 30.7 Å². The van der Waals surface area contributed by atoms with Crippen molar-refractivity contribution in [2.75, 3.05) is 13.1 Å². The molecular formula is C13H17N5. The Hall–Kier alpha value is -1.75. The van der Waals surface area contributed by atoms with Crippen molar-refractivity contribution in [3.05, 3.63) is 42.2 Å². The van der Waals surface area contributed by atoms with Crippen molar-refractivity contribution < 1.29 is 0 Å². The Morgan fingerprint density at radius 3 is 3.17 bits per heavy atom. The lowest BCUT2D eigenvalue weighted by Gasteiger charge is -2.22. The molecule has 2 aromatic rings. The lowest BCUT2D eigenvalue weighted by Crippen LogP contribution is -2.30. The Labute approximate surface area is 106 Å². The van der Waals surface area contributed by atoms with Crippen LogP contribution in [0.5, 0.6) is 0 Å². The summed E-state index contributed by atoms with van der Waals surface area (Å²) < 4.78 is 2.11. The quantitative estimate of drug-likeness (QED) is 0.879. The maximum Gasteiger partial charge on any atom is 0.137 e. The molecule has 1 saturated heterocycles. The van der Waals surface area contributed by atoms with E-state index in [9.17, 15) is 0 Å². The summed E-state index contributed by atoms with van der Waals surface area (Å²) in [4.78, 5) is 4.35. The lowest BCUT2D eigenvalue weighted by atomic mass is 9.99. The third-order valence-corrected chi connectivity index (χ3v) is 3.37. The van der Waals surface area contributed by atoms with E-state index in [4.69, 9.17) is 0 Å². The maximum absolute atomic E-state index is 4.35. The summed E-state index contributed by atoms with van der Waals surface area (Å²) >= 11 is 0. The molecule has 3 rings (SSSR count). The third kappa shape index (κ3) is 2.41. The van der Waals surface area contributed by atoms with Crippen LogP contribution in [0.25, 0.3) is 0 Å². The number of hydrogen-bond donors (Lipinski definition) is 1. The lowest BCUT2D eigenvalue weighted by molar-refractivity contribution is 0.434. The molecule has 0 aromatic carbocycles. The van der Waals surface area contributed by atoms with Crippen LogP contribution in [0.4, 0.5) is 0 Å². The molecule has 1 unspecified atom stereocenters. The third-order valence-electron chi connectivity index (χ3n) is 3.37. The summed E-state index contributed by atoms with van der Waals surface area (Å²) in [6.07, 6.45) is 6.02. The van der Waals surface area contributed by atoms with Gasteiger partial charge in [0.15, 0.2) is 0 Å². The van der Waals surface area contributed by atoms with Crippen LogP contribution in [-0.2, 0) is 6.54 Å². The van der Waals surface area contributed by atoms with E-state index in [0.29, 0.717) is 5.92 Å². The van der Waals surface area contributed by atoms with E-state index in [1.54, 1.807) is 6.33 Å². The van der Waals surface area contributed by atoms with Gasteiger partial charge < -0.3 is 9.88 Å². The first-order valence-corrected chi connectivity index (χ1v) is 6.42. The molecule has 1 aliphatic heterocycles. The SMILES string of the molecule is c1ccc(Cn2cnnc2C2CCCNC2)nc1. The van der Waals surface area contributed by atoms with Crippen LogP contribution in [0.2, 0.25) is 0 Å². The van der Waals surface area contributed by atoms with Crippen molar-refractivity contribution in [3.8, 4) is 0 Å². The number of pyridine rings is 1. The Balaban J connectivity index is 1.78. The highest BCUT2D eigenvalue weighted by atomic mass is 15.3. The highest BCUT2D eigenvalue weighted by molar-refractivity contribution is 5.07. The summed E-state index contributed by atoms with van der Waals surface area (Å²) in [5, 5.41) is 11.7. The van der Waals surface area contributed by atoms with Crippen molar-refractivity contribution in [1.29, 1.82) is 0 Å². The number of aromatic nitrogens is 4. The second kappa shape index (κ2) is 5.27. The highest BCUT2D eigenvalue weighted by Crippen LogP contribution is 2.21. The summed E-state index contributed by atoms with van der Waals surface area (Å²) in [6.45, 7) is 2.87. The van der Waals surface area contributed by atoms with Gasteiger partial charge in [0, 0.05) is 18.7 Å². The van der Waals surface area contributed by atoms with Gasteiger partial charge in [-0.3, -0.25) is 4.98 Å². The van der Waals surface area contributed by atoms with E-state index in [0.717, 1.165) is 31.2 Å². The Morgan fingerprint density at radius 1 is 1.39 bits per heavy atom. The minimum atomic E-state index is 0.477. The second-order valence-corrected chi connectivity index (χ2v) is 4.68. The van der Waals surface area contributed by atoms with Crippen molar-refractivity contribution >= 4 is 0 Å². The average Bonchev–Trinajstić information content (AvgIpc) is 2.89. The van der Waals surface area contributed by atoms with Crippen molar-refractivity contribution in [2.45, 2.75) is 25.3 Å². The molecule has 5 nitrogen and oxygen atoms in total. The summed E-state index contributed by atoms with van der Waals surface area (Å²) in [5.74, 6) is 1.55. The normalized spacial score (nSPS) is 19.9. The second-order valence-electron chi connectivity index (χ2n) is 4.68. The fourth-order valence-corrected chi connectivity index (χ4v) is 2.44. The number of hydrogen-bond acceptors (Lipinski definition) is 4. The smallest absolute Gasteiger partial charge is 0.137 e. The molecule has 0 radical (unpaired) electrons. The Bertz CT molecular complexity index is 487. The van der Waals surface area contributed by atoms with E-state index < -0.39 is 0 Å². The van der Waals surface area contributed by atoms with Crippen LogP contribution in [-0.4, -0.2) is 32.8 Å². The van der Waals surface area contributed by atoms with Gasteiger partial charge in [0.25, 0.3) is 0 Å². The molecule has 18 heavy (non-hydrogen) atoms. The van der Waals surface area contributed by atoms with Crippen LogP contribution in [0.1, 0.15) is 30.3 Å². The molecule has 5 heteroatoms. The molecular weight excluding hydrogens is 226 g/mol. The zero-order valence-corrected chi connectivity index (χ0v) is 10.3. The molecule has 0 aliphatic carbocycles. The minimum absolute atomic E-state index is 0.477. The van der Waals surface area contributed by atoms with E-state index in [1.807, 2.05) is 24.4 Å².